The fourth-order valence-electron chi connectivity index (χ4n) is 3.06. The van der Waals surface area contributed by atoms with Gasteiger partial charge in [-0.3, -0.25) is 14.6 Å². The molecule has 0 spiro atoms. The molecule has 1 fully saturated rings. The molecule has 4 rings (SSSR count). The number of nitrogens with zero attached hydrogens (tertiary/aromatic N) is 3. The van der Waals surface area contributed by atoms with Gasteiger partial charge in [0.2, 0.25) is 0 Å². The van der Waals surface area contributed by atoms with Crippen LogP contribution in [0.5, 0.6) is 0 Å². The lowest BCUT2D eigenvalue weighted by Gasteiger charge is -2.05. The van der Waals surface area contributed by atoms with E-state index in [9.17, 15) is 4.79 Å². The molecule has 1 aliphatic heterocycles. The first-order valence-electron chi connectivity index (χ1n) is 7.84. The van der Waals surface area contributed by atoms with Gasteiger partial charge in [0.05, 0.1) is 17.3 Å². The van der Waals surface area contributed by atoms with Gasteiger partial charge in [-0.2, -0.15) is 10.2 Å². The molecule has 3 aromatic rings. The number of nitrogens with one attached hydrogen (secondary N) is 3. The lowest BCUT2D eigenvalue weighted by atomic mass is 10.1. The highest BCUT2D eigenvalue weighted by Crippen LogP contribution is 2.25. The number of aryl methyl sites for hydroxylation is 1. The van der Waals surface area contributed by atoms with Gasteiger partial charge in [0.1, 0.15) is 10.8 Å². The van der Waals surface area contributed by atoms with Crippen molar-refractivity contribution in [3.63, 3.8) is 0 Å². The number of aromatic amines is 1. The molecule has 7 nitrogen and oxygen atoms in total. The summed E-state index contributed by atoms with van der Waals surface area (Å²) in [5.41, 5.74) is 2.86. The summed E-state index contributed by atoms with van der Waals surface area (Å²) in [5, 5.41) is 18.8. The predicted octanol–water partition coefficient (Wildman–Crippen LogP) is 2.63. The largest absolute Gasteiger partial charge is 0.321 e. The fourth-order valence-corrected chi connectivity index (χ4v) is 3.25. The fraction of sp³-hybridized carbons (Fsp3) is 0.312. The minimum atomic E-state index is -0.201. The zero-order valence-corrected chi connectivity index (χ0v) is 13.9. The normalized spacial score (nSPS) is 17.5. The number of hydrogen-bond acceptors (Lipinski definition) is 4. The van der Waals surface area contributed by atoms with E-state index < -0.39 is 0 Å². The zero-order valence-electron chi connectivity index (χ0n) is 13.1. The molecule has 1 saturated heterocycles. The molecule has 0 aliphatic carbocycles. The van der Waals surface area contributed by atoms with Crippen LogP contribution in [0.15, 0.2) is 24.3 Å². The highest BCUT2D eigenvalue weighted by molar-refractivity contribution is 6.34. The van der Waals surface area contributed by atoms with Gasteiger partial charge in [-0.15, -0.1) is 0 Å². The van der Waals surface area contributed by atoms with Crippen LogP contribution >= 0.6 is 11.6 Å². The van der Waals surface area contributed by atoms with E-state index >= 15 is 0 Å². The Labute approximate surface area is 143 Å². The summed E-state index contributed by atoms with van der Waals surface area (Å²) in [5.74, 6) is -0.201. The molecule has 1 atom stereocenters. The van der Waals surface area contributed by atoms with E-state index in [4.69, 9.17) is 11.6 Å². The van der Waals surface area contributed by atoms with E-state index in [1.165, 1.54) is 0 Å². The molecule has 3 N–H and O–H groups in total. The lowest BCUT2D eigenvalue weighted by Crippen LogP contribution is -2.15. The van der Waals surface area contributed by atoms with Gasteiger partial charge in [-0.05, 0) is 43.7 Å². The SMILES string of the molecule is Cn1nc(C2CCCN2)cc1C(=O)Nc1ccc2n[nH]c(Cl)c2c1. The first kappa shape index (κ1) is 15.2. The molecule has 1 unspecified atom stereocenters. The number of halogens is 1. The van der Waals surface area contributed by atoms with Crippen LogP contribution in [0, 0.1) is 0 Å². The number of hydrogen-bond donors (Lipinski definition) is 3. The summed E-state index contributed by atoms with van der Waals surface area (Å²) in [7, 11) is 1.78. The Morgan fingerprint density at radius 1 is 1.42 bits per heavy atom. The van der Waals surface area contributed by atoms with Crippen molar-refractivity contribution >= 4 is 34.1 Å². The minimum Gasteiger partial charge on any atom is -0.321 e. The van der Waals surface area contributed by atoms with Gasteiger partial charge in [-0.25, -0.2) is 0 Å². The Hall–Kier alpha value is -2.38. The second-order valence-corrected chi connectivity index (χ2v) is 6.33. The van der Waals surface area contributed by atoms with E-state index in [0.717, 1.165) is 36.0 Å². The second kappa shape index (κ2) is 5.92. The van der Waals surface area contributed by atoms with Crippen molar-refractivity contribution in [2.75, 3.05) is 11.9 Å². The molecule has 3 heterocycles. The van der Waals surface area contributed by atoms with Gasteiger partial charge >= 0.3 is 0 Å². The molecule has 1 amide bonds. The molecule has 1 aliphatic rings. The summed E-state index contributed by atoms with van der Waals surface area (Å²) in [6, 6.07) is 7.49. The molecule has 8 heteroatoms. The van der Waals surface area contributed by atoms with Gasteiger partial charge in [0, 0.05) is 18.1 Å². The predicted molar refractivity (Wildman–Crippen MR) is 92.2 cm³/mol. The highest BCUT2D eigenvalue weighted by Gasteiger charge is 2.22. The van der Waals surface area contributed by atoms with Gasteiger partial charge in [-0.1, -0.05) is 11.6 Å². The molecule has 0 bridgehead atoms. The van der Waals surface area contributed by atoms with Crippen molar-refractivity contribution in [1.82, 2.24) is 25.3 Å². The summed E-state index contributed by atoms with van der Waals surface area (Å²) in [6.07, 6.45) is 2.18. The van der Waals surface area contributed by atoms with E-state index in [1.807, 2.05) is 12.1 Å². The van der Waals surface area contributed by atoms with E-state index in [2.05, 4.69) is 25.9 Å². The number of H-pyrrole nitrogens is 1. The first-order valence-corrected chi connectivity index (χ1v) is 8.22. The monoisotopic (exact) mass is 344 g/mol. The Kier molecular flexibility index (Phi) is 3.74. The third-order valence-electron chi connectivity index (χ3n) is 4.31. The van der Waals surface area contributed by atoms with Crippen LogP contribution < -0.4 is 10.6 Å². The van der Waals surface area contributed by atoms with Gasteiger partial charge in [0.15, 0.2) is 0 Å². The maximum atomic E-state index is 12.6. The second-order valence-electron chi connectivity index (χ2n) is 5.95. The van der Waals surface area contributed by atoms with Crippen LogP contribution in [0.1, 0.15) is 35.1 Å². The minimum absolute atomic E-state index is 0.201. The van der Waals surface area contributed by atoms with Gasteiger partial charge in [0.25, 0.3) is 5.91 Å². The Balaban J connectivity index is 1.57. The van der Waals surface area contributed by atoms with Crippen LogP contribution in [0.3, 0.4) is 0 Å². The maximum Gasteiger partial charge on any atom is 0.273 e. The van der Waals surface area contributed by atoms with Crippen LogP contribution in [-0.2, 0) is 7.05 Å². The standard InChI is InChI=1S/C16H17ClN6O/c1-23-14(8-13(22-23)12-3-2-6-18-12)16(24)19-9-4-5-11-10(7-9)15(17)21-20-11/h4-5,7-8,12,18H,2-3,6H2,1H3,(H,19,24)(H,20,21). The van der Waals surface area contributed by atoms with E-state index in [1.54, 1.807) is 23.9 Å². The average molecular weight is 345 g/mol. The average Bonchev–Trinajstić information content (AvgIpc) is 3.28. The molecule has 2 aromatic heterocycles. The Bertz CT molecular complexity index is 909. The van der Waals surface area contributed by atoms with Gasteiger partial charge < -0.3 is 10.6 Å². The number of carbonyl (C=O) groups is 1. The van der Waals surface area contributed by atoms with Crippen molar-refractivity contribution in [2.45, 2.75) is 18.9 Å². The molecular weight excluding hydrogens is 328 g/mol. The summed E-state index contributed by atoms with van der Waals surface area (Å²) >= 11 is 6.05. The van der Waals surface area contributed by atoms with Crippen molar-refractivity contribution < 1.29 is 4.79 Å². The number of benzene rings is 1. The number of rotatable bonds is 3. The lowest BCUT2D eigenvalue weighted by molar-refractivity contribution is 0.101. The summed E-state index contributed by atoms with van der Waals surface area (Å²) in [6.45, 7) is 0.994. The Morgan fingerprint density at radius 3 is 3.08 bits per heavy atom. The topological polar surface area (TPSA) is 87.6 Å². The maximum absolute atomic E-state index is 12.6. The number of fused-ring (bicyclic) bond motifs is 1. The quantitative estimate of drug-likeness (QED) is 0.681. The number of aromatic nitrogens is 4. The number of carbonyl (C=O) groups excluding carboxylic acids is 1. The van der Waals surface area contributed by atoms with Crippen molar-refractivity contribution in [3.05, 3.63) is 40.8 Å². The van der Waals surface area contributed by atoms with E-state index in [0.29, 0.717) is 16.5 Å². The van der Waals surface area contributed by atoms with Crippen LogP contribution in [0.4, 0.5) is 5.69 Å². The molecular formula is C16H17ClN6O. The van der Waals surface area contributed by atoms with Crippen molar-refractivity contribution in [3.8, 4) is 0 Å². The molecule has 24 heavy (non-hydrogen) atoms. The highest BCUT2D eigenvalue weighted by atomic mass is 35.5. The van der Waals surface area contributed by atoms with Crippen molar-refractivity contribution in [1.29, 1.82) is 0 Å². The van der Waals surface area contributed by atoms with Crippen molar-refractivity contribution in [2.24, 2.45) is 7.05 Å². The third-order valence-corrected chi connectivity index (χ3v) is 4.60. The third kappa shape index (κ3) is 2.65. The molecule has 124 valence electrons. The van der Waals surface area contributed by atoms with Crippen LogP contribution in [-0.4, -0.2) is 32.4 Å². The Morgan fingerprint density at radius 2 is 2.29 bits per heavy atom. The first-order chi connectivity index (χ1) is 11.6. The summed E-state index contributed by atoms with van der Waals surface area (Å²) in [4.78, 5) is 12.6. The zero-order chi connectivity index (χ0) is 16.7. The molecule has 0 radical (unpaired) electrons. The molecule has 1 aromatic carbocycles. The molecule has 0 saturated carbocycles. The number of anilines is 1. The van der Waals surface area contributed by atoms with Crippen LogP contribution in [0.25, 0.3) is 10.9 Å². The van der Waals surface area contributed by atoms with Crippen LogP contribution in [0.2, 0.25) is 5.15 Å². The van der Waals surface area contributed by atoms with E-state index in [-0.39, 0.29) is 11.9 Å². The summed E-state index contributed by atoms with van der Waals surface area (Å²) < 4.78 is 1.62. The number of amides is 1. The smallest absolute Gasteiger partial charge is 0.273 e.